The maximum atomic E-state index is 14.4. The molecule has 9 heteroatoms. The number of thiol groups is 1. The van der Waals surface area contributed by atoms with Gasteiger partial charge in [-0.15, -0.1) is 22.8 Å². The Morgan fingerprint density at radius 1 is 1.12 bits per heavy atom. The Labute approximate surface area is 158 Å². The largest absolute Gasteiger partial charge is 0.352 e. The number of hydrogen-bond donors (Lipinski definition) is 2. The molecule has 0 aliphatic rings. The van der Waals surface area contributed by atoms with Crippen molar-refractivity contribution >= 4 is 57.9 Å². The molecule has 124 valence electrons. The minimum atomic E-state index is -1.54. The lowest BCUT2D eigenvalue weighted by Gasteiger charge is -2.14. The van der Waals surface area contributed by atoms with Crippen molar-refractivity contribution in [2.45, 2.75) is 11.3 Å². The van der Waals surface area contributed by atoms with Gasteiger partial charge in [-0.25, -0.2) is 13.2 Å². The molecule has 24 heavy (non-hydrogen) atoms. The lowest BCUT2D eigenvalue weighted by Crippen LogP contribution is -2.03. The first-order valence-electron chi connectivity index (χ1n) is 6.60. The van der Waals surface area contributed by atoms with E-state index < -0.39 is 17.5 Å². The van der Waals surface area contributed by atoms with Crippen LogP contribution in [0.2, 0.25) is 0 Å². The third kappa shape index (κ3) is 3.38. The summed E-state index contributed by atoms with van der Waals surface area (Å²) in [7, 11) is 0. The molecule has 0 amide bonds. The zero-order valence-corrected chi connectivity index (χ0v) is 15.9. The van der Waals surface area contributed by atoms with Crippen LogP contribution in [0, 0.1) is 27.9 Å². The first-order valence-corrected chi connectivity index (χ1v) is 8.94. The van der Waals surface area contributed by atoms with Crippen LogP contribution in [0.15, 0.2) is 28.6 Å². The Morgan fingerprint density at radius 2 is 1.88 bits per heavy atom. The molecule has 0 radical (unpaired) electrons. The van der Waals surface area contributed by atoms with Crippen LogP contribution in [0.1, 0.15) is 5.56 Å². The summed E-state index contributed by atoms with van der Waals surface area (Å²) in [6.45, 7) is 1.83. The quantitative estimate of drug-likeness (QED) is 0.293. The lowest BCUT2D eigenvalue weighted by atomic mass is 10.1. The number of aromatic nitrogens is 2. The molecule has 0 aliphatic heterocycles. The minimum Gasteiger partial charge on any atom is -0.352 e. The number of rotatable bonds is 3. The second kappa shape index (κ2) is 6.89. The van der Waals surface area contributed by atoms with Crippen LogP contribution in [-0.2, 0) is 0 Å². The molecule has 0 spiro atoms. The van der Waals surface area contributed by atoms with Crippen LogP contribution in [0.25, 0.3) is 10.6 Å². The molecule has 0 bridgehead atoms. The molecular formula is C15H9F3IN3S2. The van der Waals surface area contributed by atoms with Crippen LogP contribution in [0.5, 0.6) is 0 Å². The summed E-state index contributed by atoms with van der Waals surface area (Å²) in [6, 6.07) is 6.35. The van der Waals surface area contributed by atoms with Crippen molar-refractivity contribution in [1.82, 2.24) is 10.2 Å². The highest BCUT2D eigenvalue weighted by molar-refractivity contribution is 14.1. The maximum absolute atomic E-state index is 14.4. The molecule has 3 aromatic rings. The lowest BCUT2D eigenvalue weighted by molar-refractivity contribution is 0.450. The van der Waals surface area contributed by atoms with E-state index in [0.717, 1.165) is 26.5 Å². The molecule has 0 atom stereocenters. The first-order chi connectivity index (χ1) is 11.4. The van der Waals surface area contributed by atoms with Gasteiger partial charge in [0, 0.05) is 14.8 Å². The maximum Gasteiger partial charge on any atom is 0.196 e. The van der Waals surface area contributed by atoms with E-state index in [1.807, 2.05) is 19.1 Å². The van der Waals surface area contributed by atoms with Crippen molar-refractivity contribution in [3.05, 3.63) is 50.9 Å². The number of nitrogens with one attached hydrogen (secondary N) is 1. The highest BCUT2D eigenvalue weighted by Gasteiger charge is 2.22. The Balaban J connectivity index is 2.16. The van der Waals surface area contributed by atoms with Crippen LogP contribution in [-0.4, -0.2) is 10.2 Å². The molecule has 3 nitrogen and oxygen atoms in total. The predicted octanol–water partition coefficient (Wildman–Crippen LogP) is 5.57. The van der Waals surface area contributed by atoms with Gasteiger partial charge >= 0.3 is 0 Å². The average molecular weight is 479 g/mol. The molecule has 0 fully saturated rings. The van der Waals surface area contributed by atoms with E-state index in [-0.39, 0.29) is 16.3 Å². The van der Waals surface area contributed by atoms with E-state index in [1.165, 1.54) is 0 Å². The van der Waals surface area contributed by atoms with Crippen LogP contribution in [0.4, 0.5) is 24.5 Å². The zero-order chi connectivity index (χ0) is 17.4. The van der Waals surface area contributed by atoms with Crippen molar-refractivity contribution in [2.75, 3.05) is 5.32 Å². The number of aryl methyl sites for hydroxylation is 1. The van der Waals surface area contributed by atoms with E-state index in [1.54, 1.807) is 6.07 Å². The monoisotopic (exact) mass is 479 g/mol. The fourth-order valence-corrected chi connectivity index (χ4v) is 3.67. The van der Waals surface area contributed by atoms with Gasteiger partial charge in [-0.05, 0) is 59.3 Å². The fourth-order valence-electron chi connectivity index (χ4n) is 2.11. The van der Waals surface area contributed by atoms with Gasteiger partial charge in [-0.1, -0.05) is 11.3 Å². The number of benzene rings is 2. The Bertz CT molecular complexity index is 931. The van der Waals surface area contributed by atoms with Gasteiger partial charge in [-0.2, -0.15) is 0 Å². The Morgan fingerprint density at radius 3 is 2.50 bits per heavy atom. The summed E-state index contributed by atoms with van der Waals surface area (Å²) in [4.78, 5) is 0. The second-order valence-corrected chi connectivity index (χ2v) is 7.83. The molecule has 3 rings (SSSR count). The van der Waals surface area contributed by atoms with Gasteiger partial charge in [0.05, 0.1) is 5.69 Å². The SMILES string of the molecule is Cc1cc(I)ccc1Nc1c(-c2nnc(S)s2)cc(F)c(F)c1F. The molecule has 1 heterocycles. The topological polar surface area (TPSA) is 37.8 Å². The Hall–Kier alpha value is -1.33. The smallest absolute Gasteiger partial charge is 0.196 e. The number of nitrogens with zero attached hydrogens (tertiary/aromatic N) is 2. The summed E-state index contributed by atoms with van der Waals surface area (Å²) in [5.74, 6) is -4.14. The zero-order valence-electron chi connectivity index (χ0n) is 12.1. The number of halogens is 4. The Kier molecular flexibility index (Phi) is 5.02. The molecule has 1 aromatic heterocycles. The van der Waals surface area contributed by atoms with Crippen molar-refractivity contribution in [2.24, 2.45) is 0 Å². The van der Waals surface area contributed by atoms with Crippen molar-refractivity contribution in [1.29, 1.82) is 0 Å². The second-order valence-electron chi connectivity index (χ2n) is 4.88. The van der Waals surface area contributed by atoms with Gasteiger partial charge in [0.25, 0.3) is 0 Å². The number of anilines is 2. The van der Waals surface area contributed by atoms with Crippen LogP contribution >= 0.6 is 46.6 Å². The normalized spacial score (nSPS) is 10.9. The van der Waals surface area contributed by atoms with Crippen LogP contribution < -0.4 is 5.32 Å². The standard InChI is InChI=1S/C15H9F3IN3S2/c1-6-4-7(19)2-3-10(6)20-13-8(14-21-22-15(23)24-14)5-9(16)11(17)12(13)18/h2-5,20H,1H3,(H,22,23). The first kappa shape index (κ1) is 17.5. The third-order valence-corrected chi connectivity index (χ3v) is 5.05. The minimum absolute atomic E-state index is 0.0853. The molecule has 0 saturated carbocycles. The predicted molar refractivity (Wildman–Crippen MR) is 99.6 cm³/mol. The van der Waals surface area contributed by atoms with E-state index in [0.29, 0.717) is 10.0 Å². The molecule has 0 saturated heterocycles. The molecule has 0 unspecified atom stereocenters. The molecule has 1 N–H and O–H groups in total. The van der Waals surface area contributed by atoms with Gasteiger partial charge in [0.1, 0.15) is 0 Å². The van der Waals surface area contributed by atoms with E-state index >= 15 is 0 Å². The van der Waals surface area contributed by atoms with E-state index in [4.69, 9.17) is 0 Å². The van der Waals surface area contributed by atoms with Crippen molar-refractivity contribution in [3.8, 4) is 10.6 Å². The summed E-state index contributed by atoms with van der Waals surface area (Å²) in [6.07, 6.45) is 0. The molecule has 2 aromatic carbocycles. The van der Waals surface area contributed by atoms with E-state index in [9.17, 15) is 13.2 Å². The molecule has 0 aliphatic carbocycles. The number of hydrogen-bond acceptors (Lipinski definition) is 5. The van der Waals surface area contributed by atoms with Gasteiger partial charge in [0.15, 0.2) is 26.8 Å². The molecular weight excluding hydrogens is 470 g/mol. The van der Waals surface area contributed by atoms with E-state index in [2.05, 4.69) is 50.7 Å². The van der Waals surface area contributed by atoms with Gasteiger partial charge in [-0.3, -0.25) is 0 Å². The van der Waals surface area contributed by atoms with Crippen molar-refractivity contribution in [3.63, 3.8) is 0 Å². The summed E-state index contributed by atoms with van der Waals surface area (Å²) < 4.78 is 43.1. The summed E-state index contributed by atoms with van der Waals surface area (Å²) in [5.41, 5.74) is 1.31. The van der Waals surface area contributed by atoms with Crippen LogP contribution in [0.3, 0.4) is 0 Å². The summed E-state index contributed by atoms with van der Waals surface area (Å²) in [5, 5.41) is 10.6. The van der Waals surface area contributed by atoms with Gasteiger partial charge < -0.3 is 5.32 Å². The third-order valence-electron chi connectivity index (χ3n) is 3.26. The highest BCUT2D eigenvalue weighted by atomic mass is 127. The summed E-state index contributed by atoms with van der Waals surface area (Å²) >= 11 is 7.24. The van der Waals surface area contributed by atoms with Crippen molar-refractivity contribution < 1.29 is 13.2 Å². The highest BCUT2D eigenvalue weighted by Crippen LogP contribution is 2.37. The average Bonchev–Trinajstić information content (AvgIpc) is 2.96. The van der Waals surface area contributed by atoms with Gasteiger partial charge in [0.2, 0.25) is 0 Å². The fraction of sp³-hybridized carbons (Fsp3) is 0.0667.